The molecule has 1 rings (SSSR count). The van der Waals surface area contributed by atoms with Crippen LogP contribution in [-0.2, 0) is 26.6 Å². The van der Waals surface area contributed by atoms with Gasteiger partial charge < -0.3 is 5.73 Å². The van der Waals surface area contributed by atoms with E-state index in [0.717, 1.165) is 0 Å². The summed E-state index contributed by atoms with van der Waals surface area (Å²) in [7, 11) is -4.46. The number of hydrogen-bond donors (Lipinski definition) is 2. The van der Waals surface area contributed by atoms with Gasteiger partial charge in [0, 0.05) is 34.5 Å². The quantitative estimate of drug-likeness (QED) is 0.745. The predicted molar refractivity (Wildman–Crippen MR) is 75.0 cm³/mol. The number of nitrogen functional groups attached to an aromatic ring is 1. The van der Waals surface area contributed by atoms with Crippen LogP contribution in [0.4, 0.5) is 5.69 Å². The number of nitrogens with one attached hydrogen (secondary N) is 1. The van der Waals surface area contributed by atoms with Gasteiger partial charge in [-0.25, -0.2) is 13.1 Å². The van der Waals surface area contributed by atoms with Crippen molar-refractivity contribution in [2.24, 2.45) is 0 Å². The molecule has 0 bridgehead atoms. The van der Waals surface area contributed by atoms with Gasteiger partial charge in [0.2, 0.25) is 10.0 Å². The molecule has 0 aliphatic heterocycles. The van der Waals surface area contributed by atoms with Gasteiger partial charge in [0.05, 0.1) is 5.75 Å². The standard InChI is InChI=1S/C11H18N2O3S2/c1-9(17(2)14)7-13-18(15,16)8-10-4-3-5-11(12)6-10/h3-6,9,13H,7-8,12H2,1-2H3. The van der Waals surface area contributed by atoms with E-state index in [0.29, 0.717) is 11.3 Å². The second-order valence-corrected chi connectivity index (χ2v) is 7.77. The van der Waals surface area contributed by atoms with Crippen LogP contribution in [0.1, 0.15) is 12.5 Å². The largest absolute Gasteiger partial charge is 0.399 e. The predicted octanol–water partition coefficient (Wildman–Crippen LogP) is 0.455. The molecule has 1 aromatic rings. The summed E-state index contributed by atoms with van der Waals surface area (Å²) in [5.74, 6) is -0.124. The number of hydrogen-bond acceptors (Lipinski definition) is 4. The van der Waals surface area contributed by atoms with Gasteiger partial charge in [-0.05, 0) is 24.6 Å². The van der Waals surface area contributed by atoms with Crippen molar-refractivity contribution in [2.45, 2.75) is 17.9 Å². The molecule has 0 saturated carbocycles. The van der Waals surface area contributed by atoms with Crippen molar-refractivity contribution in [1.82, 2.24) is 4.72 Å². The van der Waals surface area contributed by atoms with E-state index >= 15 is 0 Å². The maximum absolute atomic E-state index is 11.8. The van der Waals surface area contributed by atoms with Crippen LogP contribution in [0.5, 0.6) is 0 Å². The van der Waals surface area contributed by atoms with E-state index in [1.165, 1.54) is 0 Å². The molecule has 1 aromatic carbocycles. The lowest BCUT2D eigenvalue weighted by molar-refractivity contribution is 0.580. The van der Waals surface area contributed by atoms with Crippen LogP contribution in [-0.4, -0.2) is 30.7 Å². The van der Waals surface area contributed by atoms with Crippen LogP contribution >= 0.6 is 0 Å². The minimum atomic E-state index is -3.42. The molecule has 0 fully saturated rings. The van der Waals surface area contributed by atoms with Crippen molar-refractivity contribution < 1.29 is 12.6 Å². The molecule has 0 aromatic heterocycles. The third-order valence-corrected chi connectivity index (χ3v) is 5.08. The number of benzene rings is 1. The second kappa shape index (κ2) is 6.31. The Morgan fingerprint density at radius 1 is 1.44 bits per heavy atom. The summed E-state index contributed by atoms with van der Waals surface area (Å²) in [5.41, 5.74) is 6.75. The van der Waals surface area contributed by atoms with Gasteiger partial charge in [0.1, 0.15) is 0 Å². The molecular formula is C11H18N2O3S2. The average Bonchev–Trinajstić information content (AvgIpc) is 2.25. The van der Waals surface area contributed by atoms with Crippen LogP contribution in [0.15, 0.2) is 24.3 Å². The third kappa shape index (κ3) is 5.16. The molecule has 0 saturated heterocycles. The van der Waals surface area contributed by atoms with Gasteiger partial charge in [-0.2, -0.15) is 0 Å². The first-order chi connectivity index (χ1) is 8.30. The highest BCUT2D eigenvalue weighted by molar-refractivity contribution is 7.88. The molecule has 2 unspecified atom stereocenters. The Kier molecular flexibility index (Phi) is 5.30. The Bertz CT molecular complexity index is 529. The molecular weight excluding hydrogens is 272 g/mol. The van der Waals surface area contributed by atoms with Crippen LogP contribution in [0.25, 0.3) is 0 Å². The highest BCUT2D eigenvalue weighted by Crippen LogP contribution is 2.09. The second-order valence-electron chi connectivity index (χ2n) is 4.16. The highest BCUT2D eigenvalue weighted by atomic mass is 32.2. The van der Waals surface area contributed by atoms with Crippen molar-refractivity contribution in [1.29, 1.82) is 0 Å². The van der Waals surface area contributed by atoms with Crippen LogP contribution < -0.4 is 10.5 Å². The fourth-order valence-corrected chi connectivity index (χ4v) is 2.96. The molecule has 5 nitrogen and oxygen atoms in total. The van der Waals surface area contributed by atoms with Crippen molar-refractivity contribution in [2.75, 3.05) is 18.5 Å². The van der Waals surface area contributed by atoms with E-state index in [9.17, 15) is 12.6 Å². The van der Waals surface area contributed by atoms with Gasteiger partial charge in [-0.1, -0.05) is 12.1 Å². The number of nitrogens with two attached hydrogens (primary N) is 1. The molecule has 0 spiro atoms. The molecule has 2 atom stereocenters. The number of sulfonamides is 1. The fourth-order valence-electron chi connectivity index (χ4n) is 1.32. The normalized spacial score (nSPS) is 15.2. The van der Waals surface area contributed by atoms with Gasteiger partial charge in [0.25, 0.3) is 0 Å². The zero-order chi connectivity index (χ0) is 13.8. The minimum absolute atomic E-state index is 0.124. The number of anilines is 1. The van der Waals surface area contributed by atoms with Crippen LogP contribution in [0.3, 0.4) is 0 Å². The Morgan fingerprint density at radius 2 is 2.11 bits per heavy atom. The van der Waals surface area contributed by atoms with Gasteiger partial charge in [0.15, 0.2) is 0 Å². The van der Waals surface area contributed by atoms with Crippen molar-refractivity contribution >= 4 is 26.5 Å². The van der Waals surface area contributed by atoms with Crippen molar-refractivity contribution in [3.05, 3.63) is 29.8 Å². The molecule has 0 aliphatic rings. The third-order valence-electron chi connectivity index (χ3n) is 2.47. The van der Waals surface area contributed by atoms with E-state index in [2.05, 4.69) is 4.72 Å². The van der Waals surface area contributed by atoms with E-state index in [1.54, 1.807) is 37.4 Å². The van der Waals surface area contributed by atoms with Crippen LogP contribution in [0, 0.1) is 0 Å². The van der Waals surface area contributed by atoms with E-state index in [1.807, 2.05) is 0 Å². The first-order valence-corrected chi connectivity index (χ1v) is 8.71. The summed E-state index contributed by atoms with van der Waals surface area (Å²) in [4.78, 5) is 0. The Morgan fingerprint density at radius 3 is 2.67 bits per heavy atom. The first kappa shape index (κ1) is 15.1. The SMILES string of the molecule is CC(CNS(=O)(=O)Cc1cccc(N)c1)S(C)=O. The maximum Gasteiger partial charge on any atom is 0.215 e. The zero-order valence-corrected chi connectivity index (χ0v) is 12.1. The lowest BCUT2D eigenvalue weighted by Gasteiger charge is -2.10. The summed E-state index contributed by atoms with van der Waals surface area (Å²) in [6.07, 6.45) is 1.55. The lowest BCUT2D eigenvalue weighted by atomic mass is 10.2. The summed E-state index contributed by atoms with van der Waals surface area (Å²) >= 11 is 0. The molecule has 18 heavy (non-hydrogen) atoms. The maximum atomic E-state index is 11.8. The van der Waals surface area contributed by atoms with Gasteiger partial charge >= 0.3 is 0 Å². The Labute approximate surface area is 110 Å². The number of rotatable bonds is 6. The molecule has 7 heteroatoms. The molecule has 0 radical (unpaired) electrons. The smallest absolute Gasteiger partial charge is 0.215 e. The zero-order valence-electron chi connectivity index (χ0n) is 10.4. The monoisotopic (exact) mass is 290 g/mol. The molecule has 0 amide bonds. The van der Waals surface area contributed by atoms with Crippen molar-refractivity contribution in [3.8, 4) is 0 Å². The van der Waals surface area contributed by atoms with Crippen LogP contribution in [0.2, 0.25) is 0 Å². The molecule has 3 N–H and O–H groups in total. The molecule has 102 valence electrons. The van der Waals surface area contributed by atoms with Gasteiger partial charge in [-0.15, -0.1) is 0 Å². The fraction of sp³-hybridized carbons (Fsp3) is 0.455. The van der Waals surface area contributed by atoms with Crippen molar-refractivity contribution in [3.63, 3.8) is 0 Å². The summed E-state index contributed by atoms with van der Waals surface area (Å²) in [6, 6.07) is 6.74. The topological polar surface area (TPSA) is 89.3 Å². The first-order valence-electron chi connectivity index (χ1n) is 5.44. The van der Waals surface area contributed by atoms with E-state index < -0.39 is 20.8 Å². The summed E-state index contributed by atoms with van der Waals surface area (Å²) < 4.78 is 37.1. The molecule has 0 heterocycles. The Balaban J connectivity index is 2.63. The van der Waals surface area contributed by atoms with Gasteiger partial charge in [-0.3, -0.25) is 4.21 Å². The minimum Gasteiger partial charge on any atom is -0.399 e. The Hall–Kier alpha value is -0.920. The lowest BCUT2D eigenvalue weighted by Crippen LogP contribution is -2.33. The molecule has 0 aliphatic carbocycles. The highest BCUT2D eigenvalue weighted by Gasteiger charge is 2.14. The van der Waals surface area contributed by atoms with E-state index in [-0.39, 0.29) is 17.5 Å². The van der Waals surface area contributed by atoms with E-state index in [4.69, 9.17) is 5.73 Å². The summed E-state index contributed by atoms with van der Waals surface area (Å²) in [6.45, 7) is 1.91. The summed E-state index contributed by atoms with van der Waals surface area (Å²) in [5, 5.41) is -0.208. The average molecular weight is 290 g/mol.